The maximum atomic E-state index is 12.1. The third kappa shape index (κ3) is 4.81. The van der Waals surface area contributed by atoms with E-state index >= 15 is 0 Å². The van der Waals surface area contributed by atoms with E-state index in [-0.39, 0.29) is 22.0 Å². The summed E-state index contributed by atoms with van der Waals surface area (Å²) >= 11 is 5.93. The summed E-state index contributed by atoms with van der Waals surface area (Å²) in [6.45, 7) is -0.283. The summed E-state index contributed by atoms with van der Waals surface area (Å²) in [7, 11) is -0.761. The number of carbonyl (C=O) groups excluding carboxylic acids is 2. The molecule has 0 aliphatic rings. The molecule has 2 amide bonds. The molecule has 0 spiro atoms. The summed E-state index contributed by atoms with van der Waals surface area (Å²) in [5, 5.41) is 5.29. The lowest BCUT2D eigenvalue weighted by molar-refractivity contribution is -0.115. The molecule has 0 unspecified atom stereocenters. The molecule has 0 aliphatic heterocycles. The van der Waals surface area contributed by atoms with E-state index in [1.54, 1.807) is 30.3 Å². The average Bonchev–Trinajstić information content (AvgIpc) is 2.60. The lowest BCUT2D eigenvalue weighted by Gasteiger charge is -2.13. The Balaban J connectivity index is 2.00. The Labute approximate surface area is 157 Å². The zero-order valence-electron chi connectivity index (χ0n) is 14.2. The maximum absolute atomic E-state index is 12.1. The van der Waals surface area contributed by atoms with Crippen LogP contribution >= 0.6 is 11.6 Å². The van der Waals surface area contributed by atoms with Gasteiger partial charge < -0.3 is 10.6 Å². The van der Waals surface area contributed by atoms with Crippen LogP contribution in [0.2, 0.25) is 5.02 Å². The van der Waals surface area contributed by atoms with Gasteiger partial charge in [-0.3, -0.25) is 9.59 Å². The van der Waals surface area contributed by atoms with Gasteiger partial charge in [0.25, 0.3) is 5.91 Å². The smallest absolute Gasteiger partial charge is 0.253 e. The van der Waals surface area contributed by atoms with Crippen LogP contribution in [0.25, 0.3) is 0 Å². The van der Waals surface area contributed by atoms with Crippen molar-refractivity contribution in [2.75, 3.05) is 26.0 Å². The lowest BCUT2D eigenvalue weighted by Crippen LogP contribution is -2.33. The molecule has 0 aromatic heterocycles. The molecule has 0 atom stereocenters. The van der Waals surface area contributed by atoms with Crippen LogP contribution in [-0.4, -0.2) is 45.2 Å². The van der Waals surface area contributed by atoms with E-state index in [1.807, 2.05) is 0 Å². The number of amides is 2. The Bertz CT molecular complexity index is 929. The van der Waals surface area contributed by atoms with Crippen molar-refractivity contribution in [3.8, 4) is 0 Å². The molecule has 0 bridgehead atoms. The van der Waals surface area contributed by atoms with Crippen molar-refractivity contribution >= 4 is 39.1 Å². The van der Waals surface area contributed by atoms with Crippen LogP contribution in [0.1, 0.15) is 10.4 Å². The molecule has 2 aromatic carbocycles. The average molecular weight is 396 g/mol. The Morgan fingerprint density at radius 1 is 1.08 bits per heavy atom. The van der Waals surface area contributed by atoms with Crippen molar-refractivity contribution in [1.82, 2.24) is 9.62 Å². The zero-order valence-corrected chi connectivity index (χ0v) is 15.8. The maximum Gasteiger partial charge on any atom is 0.253 e. The van der Waals surface area contributed by atoms with Crippen LogP contribution in [-0.2, 0) is 14.8 Å². The fourth-order valence-corrected chi connectivity index (χ4v) is 3.22. The molecular formula is C17H18ClN3O4S. The van der Waals surface area contributed by atoms with Gasteiger partial charge in [0.15, 0.2) is 0 Å². The molecule has 2 aromatic rings. The minimum absolute atomic E-state index is 0.0559. The largest absolute Gasteiger partial charge is 0.343 e. The van der Waals surface area contributed by atoms with Crippen LogP contribution in [0.5, 0.6) is 0 Å². The highest BCUT2D eigenvalue weighted by Crippen LogP contribution is 2.18. The van der Waals surface area contributed by atoms with Crippen molar-refractivity contribution < 1.29 is 18.0 Å². The first-order valence-corrected chi connectivity index (χ1v) is 9.39. The standard InChI is InChI=1S/C17H18ClN3O4S/c1-21(2)26(24,25)13-7-5-6-12(10-13)20-16(22)11-19-17(23)14-8-3-4-9-15(14)18/h3-10H,11H2,1-2H3,(H,19,23)(H,20,22). The number of halogens is 1. The number of hydrogen-bond donors (Lipinski definition) is 2. The molecule has 0 saturated heterocycles. The van der Waals surface area contributed by atoms with Gasteiger partial charge in [0.2, 0.25) is 15.9 Å². The van der Waals surface area contributed by atoms with Crippen LogP contribution < -0.4 is 10.6 Å². The van der Waals surface area contributed by atoms with Crippen molar-refractivity contribution in [3.63, 3.8) is 0 Å². The van der Waals surface area contributed by atoms with Crippen molar-refractivity contribution in [2.24, 2.45) is 0 Å². The molecule has 138 valence electrons. The van der Waals surface area contributed by atoms with Gasteiger partial charge in [-0.1, -0.05) is 29.8 Å². The second kappa shape index (κ2) is 8.31. The van der Waals surface area contributed by atoms with Crippen LogP contribution in [0.15, 0.2) is 53.4 Å². The summed E-state index contributed by atoms with van der Waals surface area (Å²) in [6.07, 6.45) is 0. The van der Waals surface area contributed by atoms with Gasteiger partial charge in [-0.05, 0) is 30.3 Å². The molecule has 9 heteroatoms. The molecule has 0 fully saturated rings. The number of nitrogens with zero attached hydrogens (tertiary/aromatic N) is 1. The predicted molar refractivity (Wildman–Crippen MR) is 99.7 cm³/mol. The number of hydrogen-bond acceptors (Lipinski definition) is 4. The molecule has 0 heterocycles. The lowest BCUT2D eigenvalue weighted by atomic mass is 10.2. The predicted octanol–water partition coefficient (Wildman–Crippen LogP) is 1.96. The second-order valence-corrected chi connectivity index (χ2v) is 8.08. The molecule has 0 saturated carbocycles. The van der Waals surface area contributed by atoms with Gasteiger partial charge in [-0.2, -0.15) is 0 Å². The van der Waals surface area contributed by atoms with E-state index in [4.69, 9.17) is 11.6 Å². The fourth-order valence-electron chi connectivity index (χ4n) is 2.05. The summed E-state index contributed by atoms with van der Waals surface area (Å²) in [4.78, 5) is 24.1. The van der Waals surface area contributed by atoms with Crippen LogP contribution in [0, 0.1) is 0 Å². The highest BCUT2D eigenvalue weighted by molar-refractivity contribution is 7.89. The fraction of sp³-hybridized carbons (Fsp3) is 0.176. The van der Waals surface area contributed by atoms with E-state index in [0.29, 0.717) is 5.69 Å². The number of carbonyl (C=O) groups is 2. The van der Waals surface area contributed by atoms with Gasteiger partial charge >= 0.3 is 0 Å². The molecule has 7 nitrogen and oxygen atoms in total. The normalized spacial score (nSPS) is 11.2. The van der Waals surface area contributed by atoms with Gasteiger partial charge in [-0.15, -0.1) is 0 Å². The minimum Gasteiger partial charge on any atom is -0.343 e. The number of anilines is 1. The summed E-state index contributed by atoms with van der Waals surface area (Å²) in [5.74, 6) is -0.973. The second-order valence-electron chi connectivity index (χ2n) is 5.53. The zero-order chi connectivity index (χ0) is 19.3. The van der Waals surface area contributed by atoms with E-state index in [1.165, 1.54) is 32.3 Å². The van der Waals surface area contributed by atoms with Crippen LogP contribution in [0.3, 0.4) is 0 Å². The number of benzene rings is 2. The Kier molecular flexibility index (Phi) is 6.36. The topological polar surface area (TPSA) is 95.6 Å². The number of nitrogens with one attached hydrogen (secondary N) is 2. The first kappa shape index (κ1) is 19.9. The summed E-state index contributed by atoms with van der Waals surface area (Å²) < 4.78 is 25.3. The monoisotopic (exact) mass is 395 g/mol. The molecule has 26 heavy (non-hydrogen) atoms. The van der Waals surface area contributed by atoms with Gasteiger partial charge in [-0.25, -0.2) is 12.7 Å². The van der Waals surface area contributed by atoms with Crippen LogP contribution in [0.4, 0.5) is 5.69 Å². The first-order valence-electron chi connectivity index (χ1n) is 7.57. The Hall–Kier alpha value is -2.42. The third-order valence-corrected chi connectivity index (χ3v) is 5.57. The SMILES string of the molecule is CN(C)S(=O)(=O)c1cccc(NC(=O)CNC(=O)c2ccccc2Cl)c1. The van der Waals surface area contributed by atoms with Crippen molar-refractivity contribution in [2.45, 2.75) is 4.90 Å². The van der Waals surface area contributed by atoms with Crippen molar-refractivity contribution in [1.29, 1.82) is 0 Å². The van der Waals surface area contributed by atoms with Crippen molar-refractivity contribution in [3.05, 3.63) is 59.1 Å². The quantitative estimate of drug-likeness (QED) is 0.781. The van der Waals surface area contributed by atoms with E-state index in [9.17, 15) is 18.0 Å². The highest BCUT2D eigenvalue weighted by atomic mass is 35.5. The van der Waals surface area contributed by atoms with E-state index in [2.05, 4.69) is 10.6 Å². The number of sulfonamides is 1. The van der Waals surface area contributed by atoms with E-state index < -0.39 is 21.8 Å². The van der Waals surface area contributed by atoms with Gasteiger partial charge in [0, 0.05) is 19.8 Å². The Morgan fingerprint density at radius 3 is 2.42 bits per heavy atom. The van der Waals surface area contributed by atoms with E-state index in [0.717, 1.165) is 4.31 Å². The number of rotatable bonds is 6. The molecule has 2 rings (SSSR count). The summed E-state index contributed by atoms with van der Waals surface area (Å²) in [6, 6.07) is 12.3. The molecule has 2 N–H and O–H groups in total. The molecular weight excluding hydrogens is 378 g/mol. The molecule has 0 aliphatic carbocycles. The Morgan fingerprint density at radius 2 is 1.77 bits per heavy atom. The first-order chi connectivity index (χ1) is 12.2. The van der Waals surface area contributed by atoms with Gasteiger partial charge in [0.05, 0.1) is 22.0 Å². The summed E-state index contributed by atoms with van der Waals surface area (Å²) in [5.41, 5.74) is 0.575. The third-order valence-electron chi connectivity index (χ3n) is 3.42. The highest BCUT2D eigenvalue weighted by Gasteiger charge is 2.18. The minimum atomic E-state index is -3.60. The molecule has 0 radical (unpaired) electrons. The van der Waals surface area contributed by atoms with Gasteiger partial charge in [0.1, 0.15) is 0 Å².